The van der Waals surface area contributed by atoms with Gasteiger partial charge in [-0.25, -0.2) is 4.98 Å². The monoisotopic (exact) mass is 268 g/mol. The Bertz CT molecular complexity index is 643. The largest absolute Gasteiger partial charge is 0.356 e. The van der Waals surface area contributed by atoms with Crippen molar-refractivity contribution in [2.45, 2.75) is 26.7 Å². The molecule has 0 N–H and O–H groups in total. The molecule has 1 saturated heterocycles. The van der Waals surface area contributed by atoms with Crippen LogP contribution in [0, 0.1) is 12.8 Å². The van der Waals surface area contributed by atoms with Crippen LogP contribution >= 0.6 is 0 Å². The van der Waals surface area contributed by atoms with E-state index in [9.17, 15) is 4.79 Å². The lowest BCUT2D eigenvalue weighted by molar-refractivity contribution is 0.112. The summed E-state index contributed by atoms with van der Waals surface area (Å²) in [6, 6.07) is 8.06. The molecule has 0 amide bonds. The summed E-state index contributed by atoms with van der Waals surface area (Å²) in [5.74, 6) is 1.63. The van der Waals surface area contributed by atoms with Gasteiger partial charge in [-0.2, -0.15) is 0 Å². The molecule has 0 bridgehead atoms. The molecule has 0 saturated carbocycles. The van der Waals surface area contributed by atoms with Gasteiger partial charge < -0.3 is 4.90 Å². The number of carbonyl (C=O) groups excluding carboxylic acids is 1. The zero-order valence-electron chi connectivity index (χ0n) is 12.1. The second-order valence-corrected chi connectivity index (χ2v) is 5.84. The summed E-state index contributed by atoms with van der Waals surface area (Å²) in [6.45, 7) is 6.34. The molecule has 1 fully saturated rings. The first-order valence-corrected chi connectivity index (χ1v) is 7.29. The Labute approximate surface area is 119 Å². The fraction of sp³-hybridized carbons (Fsp3) is 0.412. The summed E-state index contributed by atoms with van der Waals surface area (Å²) < 4.78 is 0. The van der Waals surface area contributed by atoms with Gasteiger partial charge in [-0.3, -0.25) is 4.79 Å². The summed E-state index contributed by atoms with van der Waals surface area (Å²) in [5, 5.41) is 1.04. The third-order valence-corrected chi connectivity index (χ3v) is 4.27. The molecule has 1 aromatic heterocycles. The van der Waals surface area contributed by atoms with Crippen molar-refractivity contribution in [3.63, 3.8) is 0 Å². The van der Waals surface area contributed by atoms with Crippen LogP contribution in [0.4, 0.5) is 5.82 Å². The maximum Gasteiger partial charge on any atom is 0.153 e. The number of nitrogens with zero attached hydrogens (tertiary/aromatic N) is 2. The van der Waals surface area contributed by atoms with E-state index in [1.165, 1.54) is 12.8 Å². The number of anilines is 1. The van der Waals surface area contributed by atoms with Crippen molar-refractivity contribution in [3.05, 3.63) is 35.4 Å². The van der Waals surface area contributed by atoms with E-state index in [1.54, 1.807) is 0 Å². The number of carbonyl (C=O) groups is 1. The number of para-hydroxylation sites is 1. The highest BCUT2D eigenvalue weighted by molar-refractivity contribution is 5.93. The molecule has 0 spiro atoms. The molecule has 0 radical (unpaired) electrons. The molecule has 3 rings (SSSR count). The Hall–Kier alpha value is -1.90. The van der Waals surface area contributed by atoms with Crippen LogP contribution in [0.3, 0.4) is 0 Å². The molecule has 2 heterocycles. The van der Waals surface area contributed by atoms with Gasteiger partial charge >= 0.3 is 0 Å². The summed E-state index contributed by atoms with van der Waals surface area (Å²) in [4.78, 5) is 18.4. The molecular weight excluding hydrogens is 248 g/mol. The number of aldehydes is 1. The Morgan fingerprint density at radius 1 is 1.30 bits per heavy atom. The number of fused-ring (bicyclic) bond motifs is 1. The lowest BCUT2D eigenvalue weighted by atomic mass is 9.98. The fourth-order valence-corrected chi connectivity index (χ4v) is 2.91. The van der Waals surface area contributed by atoms with Crippen LogP contribution in [0.5, 0.6) is 0 Å². The van der Waals surface area contributed by atoms with E-state index in [4.69, 9.17) is 4.98 Å². The number of benzene rings is 1. The lowest BCUT2D eigenvalue weighted by Gasteiger charge is -2.32. The van der Waals surface area contributed by atoms with Crippen molar-refractivity contribution < 1.29 is 4.79 Å². The van der Waals surface area contributed by atoms with Gasteiger partial charge in [-0.15, -0.1) is 0 Å². The van der Waals surface area contributed by atoms with Gasteiger partial charge in [0, 0.05) is 18.5 Å². The van der Waals surface area contributed by atoms with Crippen LogP contribution in [0.15, 0.2) is 24.3 Å². The van der Waals surface area contributed by atoms with E-state index >= 15 is 0 Å². The van der Waals surface area contributed by atoms with Crippen LogP contribution in [0.25, 0.3) is 10.9 Å². The molecule has 3 heteroatoms. The van der Waals surface area contributed by atoms with Crippen LogP contribution < -0.4 is 4.90 Å². The van der Waals surface area contributed by atoms with Gasteiger partial charge in [0.2, 0.25) is 0 Å². The number of pyridine rings is 1. The molecule has 1 aliphatic heterocycles. The molecule has 1 aliphatic rings. The van der Waals surface area contributed by atoms with Gasteiger partial charge in [-0.1, -0.05) is 25.1 Å². The number of hydrogen-bond acceptors (Lipinski definition) is 3. The van der Waals surface area contributed by atoms with E-state index in [0.29, 0.717) is 5.56 Å². The molecule has 1 aromatic carbocycles. The maximum atomic E-state index is 11.4. The first-order valence-electron chi connectivity index (χ1n) is 7.29. The fourth-order valence-electron chi connectivity index (χ4n) is 2.91. The van der Waals surface area contributed by atoms with Crippen LogP contribution in [0.1, 0.15) is 35.7 Å². The van der Waals surface area contributed by atoms with Gasteiger partial charge in [-0.05, 0) is 37.3 Å². The predicted molar refractivity (Wildman–Crippen MR) is 82.5 cm³/mol. The van der Waals surface area contributed by atoms with Gasteiger partial charge in [0.1, 0.15) is 5.82 Å². The Morgan fingerprint density at radius 2 is 2.05 bits per heavy atom. The van der Waals surface area contributed by atoms with Crippen molar-refractivity contribution in [2.75, 3.05) is 18.0 Å². The van der Waals surface area contributed by atoms with Gasteiger partial charge in [0.15, 0.2) is 6.29 Å². The van der Waals surface area contributed by atoms with E-state index < -0.39 is 0 Å². The second-order valence-electron chi connectivity index (χ2n) is 5.84. The minimum absolute atomic E-state index is 0.706. The van der Waals surface area contributed by atoms with Crippen LogP contribution in [-0.4, -0.2) is 24.4 Å². The standard InChI is InChI=1S/C17H20N2O/c1-12-6-8-19(9-7-12)17-15(11-20)10-14-5-3-4-13(2)16(14)18-17/h3-5,10-12H,6-9H2,1-2H3. The lowest BCUT2D eigenvalue weighted by Crippen LogP contribution is -2.34. The van der Waals surface area contributed by atoms with Crippen LogP contribution in [0.2, 0.25) is 0 Å². The summed E-state index contributed by atoms with van der Waals surface area (Å²) >= 11 is 0. The molecule has 0 unspecified atom stereocenters. The number of hydrogen-bond donors (Lipinski definition) is 0. The Kier molecular flexibility index (Phi) is 3.43. The third kappa shape index (κ3) is 2.28. The van der Waals surface area contributed by atoms with Crippen LogP contribution in [-0.2, 0) is 0 Å². The smallest absolute Gasteiger partial charge is 0.153 e. The molecule has 0 aliphatic carbocycles. The molecular formula is C17H20N2O. The summed E-state index contributed by atoms with van der Waals surface area (Å²) in [7, 11) is 0. The van der Waals surface area contributed by atoms with Gasteiger partial charge in [0.25, 0.3) is 0 Å². The van der Waals surface area contributed by atoms with Crippen molar-refractivity contribution in [3.8, 4) is 0 Å². The zero-order valence-corrected chi connectivity index (χ0v) is 12.1. The normalized spacial score (nSPS) is 16.6. The van der Waals surface area contributed by atoms with Gasteiger partial charge in [0.05, 0.1) is 11.1 Å². The first kappa shape index (κ1) is 13.1. The molecule has 3 nitrogen and oxygen atoms in total. The molecule has 104 valence electrons. The van der Waals surface area contributed by atoms with Crippen molar-refractivity contribution in [1.82, 2.24) is 4.98 Å². The minimum atomic E-state index is 0.706. The highest BCUT2D eigenvalue weighted by atomic mass is 16.1. The Balaban J connectivity index is 2.09. The summed E-state index contributed by atoms with van der Waals surface area (Å²) in [6.07, 6.45) is 3.28. The number of aryl methyl sites for hydroxylation is 1. The van der Waals surface area contributed by atoms with E-state index in [2.05, 4.69) is 24.8 Å². The average Bonchev–Trinajstić information content (AvgIpc) is 2.47. The number of piperidine rings is 1. The number of aromatic nitrogens is 1. The molecule has 2 aromatic rings. The molecule has 20 heavy (non-hydrogen) atoms. The Morgan fingerprint density at radius 3 is 2.75 bits per heavy atom. The van der Waals surface area contributed by atoms with Crippen molar-refractivity contribution in [1.29, 1.82) is 0 Å². The van der Waals surface area contributed by atoms with Crippen molar-refractivity contribution in [2.24, 2.45) is 5.92 Å². The zero-order chi connectivity index (χ0) is 14.1. The number of rotatable bonds is 2. The van der Waals surface area contributed by atoms with E-state index in [1.807, 2.05) is 18.2 Å². The van der Waals surface area contributed by atoms with Crippen molar-refractivity contribution >= 4 is 23.0 Å². The topological polar surface area (TPSA) is 33.2 Å². The average molecular weight is 268 g/mol. The highest BCUT2D eigenvalue weighted by Crippen LogP contribution is 2.27. The van der Waals surface area contributed by atoms with E-state index in [-0.39, 0.29) is 0 Å². The SMILES string of the molecule is Cc1cccc2cc(C=O)c(N3CCC(C)CC3)nc12. The third-order valence-electron chi connectivity index (χ3n) is 4.27. The highest BCUT2D eigenvalue weighted by Gasteiger charge is 2.20. The second kappa shape index (κ2) is 5.23. The summed E-state index contributed by atoms with van der Waals surface area (Å²) in [5.41, 5.74) is 2.87. The van der Waals surface area contributed by atoms with E-state index in [0.717, 1.165) is 47.6 Å². The minimum Gasteiger partial charge on any atom is -0.356 e. The predicted octanol–water partition coefficient (Wildman–Crippen LogP) is 3.59. The quantitative estimate of drug-likeness (QED) is 0.780. The maximum absolute atomic E-state index is 11.4. The molecule has 0 atom stereocenters. The first-order chi connectivity index (χ1) is 9.69.